The van der Waals surface area contributed by atoms with Crippen LogP contribution in [0, 0.1) is 11.8 Å². The van der Waals surface area contributed by atoms with E-state index >= 15 is 0 Å². The van der Waals surface area contributed by atoms with Gasteiger partial charge in [0.15, 0.2) is 0 Å². The van der Waals surface area contributed by atoms with Gasteiger partial charge in [0, 0.05) is 16.6 Å². The minimum Gasteiger partial charge on any atom is -0.461 e. The molecule has 0 amide bonds. The van der Waals surface area contributed by atoms with Crippen LogP contribution in [0.4, 0.5) is 0 Å². The van der Waals surface area contributed by atoms with E-state index in [2.05, 4.69) is 28.2 Å². The largest absolute Gasteiger partial charge is 0.461 e. The minimum absolute atomic E-state index is 0.00233. The predicted octanol–water partition coefficient (Wildman–Crippen LogP) is 2.35. The molecule has 1 N–H and O–H groups in total. The second-order valence-corrected chi connectivity index (χ2v) is 5.30. The van der Waals surface area contributed by atoms with E-state index in [0.29, 0.717) is 12.5 Å². The van der Waals surface area contributed by atoms with Crippen molar-refractivity contribution >= 4 is 21.9 Å². The molecule has 1 heterocycles. The molecule has 3 nitrogen and oxygen atoms in total. The maximum Gasteiger partial charge on any atom is 0.310 e. The Labute approximate surface area is 110 Å². The molecular weight excluding hydrogens is 282 g/mol. The number of rotatable bonds is 3. The number of halogens is 1. The summed E-state index contributed by atoms with van der Waals surface area (Å²) in [5.41, 5.74) is 0.999. The number of carbonyl (C=O) groups is 1. The Bertz CT molecular complexity index is 408. The first-order valence-electron chi connectivity index (χ1n) is 5.79. The average molecular weight is 298 g/mol. The molecular formula is C13H16BrNO2. The lowest BCUT2D eigenvalue weighted by atomic mass is 9.99. The summed E-state index contributed by atoms with van der Waals surface area (Å²) in [6.07, 6.45) is 0. The quantitative estimate of drug-likeness (QED) is 0.871. The Morgan fingerprint density at radius 1 is 1.47 bits per heavy atom. The summed E-state index contributed by atoms with van der Waals surface area (Å²) in [5.74, 6) is 0.262. The molecule has 0 spiro atoms. The van der Waals surface area contributed by atoms with Gasteiger partial charge in [-0.1, -0.05) is 41.1 Å². The molecule has 2 unspecified atom stereocenters. The van der Waals surface area contributed by atoms with E-state index in [-0.39, 0.29) is 11.9 Å². The highest BCUT2D eigenvalue weighted by molar-refractivity contribution is 9.10. The van der Waals surface area contributed by atoms with E-state index in [1.807, 2.05) is 24.3 Å². The zero-order chi connectivity index (χ0) is 12.3. The van der Waals surface area contributed by atoms with E-state index in [4.69, 9.17) is 4.74 Å². The molecule has 2 atom stereocenters. The van der Waals surface area contributed by atoms with Gasteiger partial charge in [-0.25, -0.2) is 0 Å². The fraction of sp³-hybridized carbons (Fsp3) is 0.462. The molecule has 0 radical (unpaired) electrons. The van der Waals surface area contributed by atoms with Crippen molar-refractivity contribution < 1.29 is 9.53 Å². The topological polar surface area (TPSA) is 38.3 Å². The number of hydrogen-bond acceptors (Lipinski definition) is 3. The van der Waals surface area contributed by atoms with Crippen LogP contribution >= 0.6 is 15.9 Å². The molecule has 4 heteroatoms. The van der Waals surface area contributed by atoms with Crippen molar-refractivity contribution in [2.45, 2.75) is 13.5 Å². The van der Waals surface area contributed by atoms with Crippen molar-refractivity contribution in [3.8, 4) is 0 Å². The zero-order valence-electron chi connectivity index (χ0n) is 9.78. The summed E-state index contributed by atoms with van der Waals surface area (Å²) in [6.45, 7) is 4.04. The van der Waals surface area contributed by atoms with E-state index in [1.54, 1.807) is 0 Å². The highest BCUT2D eigenvalue weighted by atomic mass is 79.9. The van der Waals surface area contributed by atoms with Crippen LogP contribution in [0.1, 0.15) is 12.5 Å². The molecule has 1 saturated heterocycles. The summed E-state index contributed by atoms with van der Waals surface area (Å²) in [4.78, 5) is 11.9. The van der Waals surface area contributed by atoms with Gasteiger partial charge < -0.3 is 10.1 Å². The summed E-state index contributed by atoms with van der Waals surface area (Å²) < 4.78 is 6.33. The van der Waals surface area contributed by atoms with Crippen LogP contribution in [0.5, 0.6) is 0 Å². The van der Waals surface area contributed by atoms with Crippen LogP contribution in [-0.2, 0) is 16.1 Å². The van der Waals surface area contributed by atoms with Gasteiger partial charge in [-0.05, 0) is 18.5 Å². The molecule has 0 aliphatic carbocycles. The molecule has 1 aromatic rings. The fourth-order valence-corrected chi connectivity index (χ4v) is 2.40. The molecule has 1 aromatic carbocycles. The van der Waals surface area contributed by atoms with Crippen LogP contribution in [0.25, 0.3) is 0 Å². The average Bonchev–Trinajstić information content (AvgIpc) is 2.74. The van der Waals surface area contributed by atoms with Gasteiger partial charge in [-0.3, -0.25) is 4.79 Å². The number of ether oxygens (including phenoxy) is 1. The normalized spacial score (nSPS) is 23.6. The van der Waals surface area contributed by atoms with Crippen LogP contribution in [0.3, 0.4) is 0 Å². The van der Waals surface area contributed by atoms with Crippen molar-refractivity contribution in [3.05, 3.63) is 34.3 Å². The maximum atomic E-state index is 11.9. The van der Waals surface area contributed by atoms with Crippen LogP contribution < -0.4 is 5.32 Å². The summed E-state index contributed by atoms with van der Waals surface area (Å²) in [5, 5.41) is 3.20. The van der Waals surface area contributed by atoms with Crippen molar-refractivity contribution in [2.24, 2.45) is 11.8 Å². The lowest BCUT2D eigenvalue weighted by Crippen LogP contribution is -2.23. The van der Waals surface area contributed by atoms with Gasteiger partial charge in [0.1, 0.15) is 6.61 Å². The first-order chi connectivity index (χ1) is 8.18. The lowest BCUT2D eigenvalue weighted by Gasteiger charge is -2.13. The number of hydrogen-bond donors (Lipinski definition) is 1. The molecule has 1 aliphatic heterocycles. The van der Waals surface area contributed by atoms with E-state index in [9.17, 15) is 4.79 Å². The standard InChI is InChI=1S/C13H16BrNO2/c1-9-6-15-7-11(9)13(16)17-8-10-4-2-3-5-12(10)14/h2-5,9,11,15H,6-8H2,1H3. The molecule has 2 rings (SSSR count). The predicted molar refractivity (Wildman–Crippen MR) is 69.5 cm³/mol. The van der Waals surface area contributed by atoms with Crippen molar-refractivity contribution in [3.63, 3.8) is 0 Å². The Balaban J connectivity index is 1.90. The van der Waals surface area contributed by atoms with Crippen molar-refractivity contribution in [1.29, 1.82) is 0 Å². The molecule has 1 fully saturated rings. The second-order valence-electron chi connectivity index (χ2n) is 4.44. The third-order valence-electron chi connectivity index (χ3n) is 3.15. The van der Waals surface area contributed by atoms with E-state index in [1.165, 1.54) is 0 Å². The second kappa shape index (κ2) is 5.65. The van der Waals surface area contributed by atoms with Gasteiger partial charge in [0.05, 0.1) is 5.92 Å². The maximum absolute atomic E-state index is 11.9. The lowest BCUT2D eigenvalue weighted by molar-refractivity contribution is -0.150. The first kappa shape index (κ1) is 12.6. The Kier molecular flexibility index (Phi) is 4.18. The van der Waals surface area contributed by atoms with Gasteiger partial charge in [0.25, 0.3) is 0 Å². The molecule has 0 bridgehead atoms. The van der Waals surface area contributed by atoms with Gasteiger partial charge in [-0.15, -0.1) is 0 Å². The monoisotopic (exact) mass is 297 g/mol. The number of esters is 1. The Hall–Kier alpha value is -0.870. The van der Waals surface area contributed by atoms with Crippen molar-refractivity contribution in [1.82, 2.24) is 5.32 Å². The highest BCUT2D eigenvalue weighted by Gasteiger charge is 2.30. The SMILES string of the molecule is CC1CNCC1C(=O)OCc1ccccc1Br. The highest BCUT2D eigenvalue weighted by Crippen LogP contribution is 2.20. The number of benzene rings is 1. The van der Waals surface area contributed by atoms with E-state index in [0.717, 1.165) is 23.1 Å². The van der Waals surface area contributed by atoms with Gasteiger partial charge in [-0.2, -0.15) is 0 Å². The smallest absolute Gasteiger partial charge is 0.310 e. The van der Waals surface area contributed by atoms with Gasteiger partial charge in [0.2, 0.25) is 0 Å². The van der Waals surface area contributed by atoms with Crippen molar-refractivity contribution in [2.75, 3.05) is 13.1 Å². The minimum atomic E-state index is -0.0988. The zero-order valence-corrected chi connectivity index (χ0v) is 11.4. The number of nitrogens with one attached hydrogen (secondary N) is 1. The third-order valence-corrected chi connectivity index (χ3v) is 3.92. The van der Waals surface area contributed by atoms with E-state index < -0.39 is 0 Å². The number of carbonyl (C=O) groups excluding carboxylic acids is 1. The Morgan fingerprint density at radius 3 is 2.88 bits per heavy atom. The van der Waals surface area contributed by atoms with Crippen LogP contribution in [0.2, 0.25) is 0 Å². The first-order valence-corrected chi connectivity index (χ1v) is 6.58. The summed E-state index contributed by atoms with van der Waals surface area (Å²) in [7, 11) is 0. The molecule has 1 aliphatic rings. The Morgan fingerprint density at radius 2 is 2.24 bits per heavy atom. The summed E-state index contributed by atoms with van der Waals surface area (Å²) in [6, 6.07) is 7.78. The van der Waals surface area contributed by atoms with Crippen LogP contribution in [-0.4, -0.2) is 19.1 Å². The van der Waals surface area contributed by atoms with Crippen LogP contribution in [0.15, 0.2) is 28.7 Å². The molecule has 17 heavy (non-hydrogen) atoms. The molecule has 92 valence electrons. The van der Waals surface area contributed by atoms with Gasteiger partial charge >= 0.3 is 5.97 Å². The fourth-order valence-electron chi connectivity index (χ4n) is 2.00. The third kappa shape index (κ3) is 3.07. The summed E-state index contributed by atoms with van der Waals surface area (Å²) >= 11 is 3.44. The molecule has 0 aromatic heterocycles. The molecule has 0 saturated carbocycles.